The van der Waals surface area contributed by atoms with E-state index in [1.807, 2.05) is 52.0 Å². The Kier molecular flexibility index (Phi) is 10.2. The van der Waals surface area contributed by atoms with Crippen LogP contribution in [0.2, 0.25) is 0 Å². The maximum absolute atomic E-state index is 5.68. The van der Waals surface area contributed by atoms with E-state index in [-0.39, 0.29) is 0 Å². The first-order chi connectivity index (χ1) is 14.5. The molecule has 0 aliphatic rings. The van der Waals surface area contributed by atoms with Gasteiger partial charge < -0.3 is 18.9 Å². The molecule has 0 saturated heterocycles. The van der Waals surface area contributed by atoms with E-state index < -0.39 is 0 Å². The first kappa shape index (κ1) is 24.2. The quantitative estimate of drug-likeness (QED) is 0.249. The Bertz CT molecular complexity index is 828. The molecule has 0 bridgehead atoms. The first-order valence-electron chi connectivity index (χ1n) is 9.78. The van der Waals surface area contributed by atoms with Crippen LogP contribution < -0.4 is 18.9 Å². The van der Waals surface area contributed by atoms with Gasteiger partial charge in [0.25, 0.3) is 0 Å². The van der Waals surface area contributed by atoms with Crippen molar-refractivity contribution in [3.8, 4) is 23.0 Å². The van der Waals surface area contributed by atoms with E-state index in [4.69, 9.17) is 18.9 Å². The van der Waals surface area contributed by atoms with Crippen molar-refractivity contribution in [2.45, 2.75) is 27.7 Å². The molecule has 0 aromatic heterocycles. The van der Waals surface area contributed by atoms with Gasteiger partial charge in [0.1, 0.15) is 0 Å². The number of ether oxygens (including phenoxy) is 4. The predicted molar refractivity (Wildman–Crippen MR) is 128 cm³/mol. The van der Waals surface area contributed by atoms with Crippen LogP contribution >= 0.6 is 31.9 Å². The minimum atomic E-state index is 0.542. The zero-order chi connectivity index (χ0) is 21.9. The van der Waals surface area contributed by atoms with Gasteiger partial charge >= 0.3 is 0 Å². The third kappa shape index (κ3) is 6.74. The standard InChI is InChI=1S/C22H26Br2N2O4/c1-5-27-19-11-15(9-17(23)21(19)29-7-3)13-25-26-14-16-10-18(24)22(30-8-4)20(12-16)28-6-2/h9-14H,5-8H2,1-4H3. The number of hydrogen-bond donors (Lipinski definition) is 0. The smallest absolute Gasteiger partial charge is 0.175 e. The molecule has 0 atom stereocenters. The van der Waals surface area contributed by atoms with Crippen LogP contribution in [0.3, 0.4) is 0 Å². The molecule has 0 amide bonds. The van der Waals surface area contributed by atoms with Crippen molar-refractivity contribution in [1.29, 1.82) is 0 Å². The molecule has 2 aromatic carbocycles. The second kappa shape index (κ2) is 12.6. The van der Waals surface area contributed by atoms with Crippen LogP contribution in [0.1, 0.15) is 38.8 Å². The second-order valence-electron chi connectivity index (χ2n) is 5.88. The first-order valence-corrected chi connectivity index (χ1v) is 11.4. The van der Waals surface area contributed by atoms with Gasteiger partial charge in [-0.3, -0.25) is 0 Å². The molecule has 0 aliphatic carbocycles. The maximum Gasteiger partial charge on any atom is 0.175 e. The van der Waals surface area contributed by atoms with Crippen molar-refractivity contribution in [3.05, 3.63) is 44.3 Å². The summed E-state index contributed by atoms with van der Waals surface area (Å²) in [6, 6.07) is 7.57. The summed E-state index contributed by atoms with van der Waals surface area (Å²) >= 11 is 7.06. The van der Waals surface area contributed by atoms with Gasteiger partial charge in [0.15, 0.2) is 23.0 Å². The molecule has 0 aliphatic heterocycles. The van der Waals surface area contributed by atoms with Crippen LogP contribution in [0.4, 0.5) is 0 Å². The molecule has 0 spiro atoms. The monoisotopic (exact) mass is 540 g/mol. The van der Waals surface area contributed by atoms with Gasteiger partial charge in [-0.2, -0.15) is 10.2 Å². The van der Waals surface area contributed by atoms with Crippen LogP contribution in [0.15, 0.2) is 43.4 Å². The predicted octanol–water partition coefficient (Wildman–Crippen LogP) is 6.26. The third-order valence-electron chi connectivity index (χ3n) is 3.72. The highest BCUT2D eigenvalue weighted by Crippen LogP contribution is 2.37. The molecule has 0 radical (unpaired) electrons. The third-order valence-corrected chi connectivity index (χ3v) is 4.90. The van der Waals surface area contributed by atoms with E-state index in [2.05, 4.69) is 42.1 Å². The van der Waals surface area contributed by atoms with Crippen LogP contribution in [-0.2, 0) is 0 Å². The Hall–Kier alpha value is -2.06. The number of hydrogen-bond acceptors (Lipinski definition) is 6. The summed E-state index contributed by atoms with van der Waals surface area (Å²) in [6.45, 7) is 9.92. The molecular weight excluding hydrogens is 516 g/mol. The van der Waals surface area contributed by atoms with Crippen LogP contribution in [0.25, 0.3) is 0 Å². The van der Waals surface area contributed by atoms with Gasteiger partial charge in [0.05, 0.1) is 47.8 Å². The summed E-state index contributed by atoms with van der Waals surface area (Å²) in [5.74, 6) is 2.69. The van der Waals surface area contributed by atoms with Crippen molar-refractivity contribution in [2.75, 3.05) is 26.4 Å². The number of halogens is 2. The SMILES string of the molecule is CCOc1cc(C=NN=Cc2cc(Br)c(OCC)c(OCC)c2)cc(Br)c1OCC. The number of benzene rings is 2. The minimum absolute atomic E-state index is 0.542. The highest BCUT2D eigenvalue weighted by Gasteiger charge is 2.12. The Morgan fingerprint density at radius 2 is 1.00 bits per heavy atom. The Labute approximate surface area is 194 Å². The van der Waals surface area contributed by atoms with Crippen LogP contribution in [-0.4, -0.2) is 38.9 Å². The molecule has 6 nitrogen and oxygen atoms in total. The van der Waals surface area contributed by atoms with Gasteiger partial charge in [0, 0.05) is 0 Å². The van der Waals surface area contributed by atoms with Crippen molar-refractivity contribution in [3.63, 3.8) is 0 Å². The van der Waals surface area contributed by atoms with Crippen molar-refractivity contribution in [1.82, 2.24) is 0 Å². The zero-order valence-corrected chi connectivity index (χ0v) is 20.7. The van der Waals surface area contributed by atoms with Gasteiger partial charge in [-0.25, -0.2) is 0 Å². The zero-order valence-electron chi connectivity index (χ0n) is 17.6. The van der Waals surface area contributed by atoms with Gasteiger partial charge in [-0.05, 0) is 94.9 Å². The normalized spacial score (nSPS) is 11.3. The van der Waals surface area contributed by atoms with E-state index in [9.17, 15) is 0 Å². The van der Waals surface area contributed by atoms with E-state index in [0.717, 1.165) is 20.1 Å². The maximum atomic E-state index is 5.68. The van der Waals surface area contributed by atoms with Gasteiger partial charge in [0.2, 0.25) is 0 Å². The molecule has 8 heteroatoms. The van der Waals surface area contributed by atoms with Crippen LogP contribution in [0, 0.1) is 0 Å². The summed E-state index contributed by atoms with van der Waals surface area (Å²) < 4.78 is 24.3. The molecule has 0 N–H and O–H groups in total. The minimum Gasteiger partial charge on any atom is -0.490 e. The molecule has 2 rings (SSSR count). The topological polar surface area (TPSA) is 61.6 Å². The molecule has 0 heterocycles. The molecule has 2 aromatic rings. The van der Waals surface area contributed by atoms with Gasteiger partial charge in [-0.1, -0.05) is 0 Å². The van der Waals surface area contributed by atoms with E-state index >= 15 is 0 Å². The lowest BCUT2D eigenvalue weighted by molar-refractivity contribution is 0.286. The summed E-state index contributed by atoms with van der Waals surface area (Å²) in [4.78, 5) is 0. The van der Waals surface area contributed by atoms with Crippen molar-refractivity contribution < 1.29 is 18.9 Å². The average molecular weight is 542 g/mol. The summed E-state index contributed by atoms with van der Waals surface area (Å²) in [6.07, 6.45) is 3.32. The van der Waals surface area contributed by atoms with Gasteiger partial charge in [-0.15, -0.1) is 0 Å². The molecule has 0 fully saturated rings. The summed E-state index contributed by atoms with van der Waals surface area (Å²) in [7, 11) is 0. The lowest BCUT2D eigenvalue weighted by Crippen LogP contribution is -2.00. The lowest BCUT2D eigenvalue weighted by Gasteiger charge is -2.13. The second-order valence-corrected chi connectivity index (χ2v) is 7.59. The molecule has 162 valence electrons. The Morgan fingerprint density at radius 1 is 0.633 bits per heavy atom. The fraction of sp³-hybridized carbons (Fsp3) is 0.364. The fourth-order valence-electron chi connectivity index (χ4n) is 2.62. The Morgan fingerprint density at radius 3 is 1.33 bits per heavy atom. The van der Waals surface area contributed by atoms with Crippen LogP contribution in [0.5, 0.6) is 23.0 Å². The molecular formula is C22H26Br2N2O4. The fourth-order valence-corrected chi connectivity index (χ4v) is 3.77. The van der Waals surface area contributed by atoms with Crippen molar-refractivity contribution >= 4 is 44.3 Å². The van der Waals surface area contributed by atoms with Crippen molar-refractivity contribution in [2.24, 2.45) is 10.2 Å². The van der Waals surface area contributed by atoms with E-state index in [1.165, 1.54) is 0 Å². The Balaban J connectivity index is 2.22. The summed E-state index contributed by atoms with van der Waals surface area (Å²) in [5.41, 5.74) is 1.68. The highest BCUT2D eigenvalue weighted by atomic mass is 79.9. The molecule has 30 heavy (non-hydrogen) atoms. The molecule has 0 unspecified atom stereocenters. The number of nitrogens with zero attached hydrogens (tertiary/aromatic N) is 2. The lowest BCUT2D eigenvalue weighted by atomic mass is 10.2. The summed E-state index contributed by atoms with van der Waals surface area (Å²) in [5, 5.41) is 8.32. The average Bonchev–Trinajstić information content (AvgIpc) is 2.71. The number of rotatable bonds is 11. The molecule has 0 saturated carbocycles. The highest BCUT2D eigenvalue weighted by molar-refractivity contribution is 9.11. The van der Waals surface area contributed by atoms with E-state index in [0.29, 0.717) is 49.4 Å². The largest absolute Gasteiger partial charge is 0.490 e. The van der Waals surface area contributed by atoms with E-state index in [1.54, 1.807) is 12.4 Å².